The maximum absolute atomic E-state index is 13.5. The van der Waals surface area contributed by atoms with Crippen molar-refractivity contribution in [1.82, 2.24) is 19.4 Å². The first kappa shape index (κ1) is 30.5. The van der Waals surface area contributed by atoms with Crippen LogP contribution in [0.3, 0.4) is 0 Å². The summed E-state index contributed by atoms with van der Waals surface area (Å²) in [4.78, 5) is 35.8. The van der Waals surface area contributed by atoms with Crippen molar-refractivity contribution in [3.63, 3.8) is 0 Å². The van der Waals surface area contributed by atoms with Crippen molar-refractivity contribution in [2.45, 2.75) is 24.0 Å². The molecule has 1 amide bonds. The van der Waals surface area contributed by atoms with Crippen LogP contribution in [0.1, 0.15) is 21.6 Å². The van der Waals surface area contributed by atoms with E-state index in [1.165, 1.54) is 42.8 Å². The lowest BCUT2D eigenvalue weighted by atomic mass is 10.2. The number of nitrogens with zero attached hydrogens (tertiary/aromatic N) is 4. The molecule has 0 aliphatic rings. The third kappa shape index (κ3) is 7.24. The molecule has 0 bridgehead atoms. The van der Waals surface area contributed by atoms with Gasteiger partial charge < -0.3 is 19.1 Å². The molecule has 0 saturated carbocycles. The number of alkyl halides is 3. The van der Waals surface area contributed by atoms with Crippen molar-refractivity contribution in [3.05, 3.63) is 77.6 Å². The summed E-state index contributed by atoms with van der Waals surface area (Å²) in [5.41, 5.74) is 1.66. The zero-order valence-corrected chi connectivity index (χ0v) is 23.7. The van der Waals surface area contributed by atoms with Crippen LogP contribution in [-0.2, 0) is 21.3 Å². The average Bonchev–Trinajstić information content (AvgIpc) is 3.36. The van der Waals surface area contributed by atoms with Crippen LogP contribution in [0.5, 0.6) is 11.5 Å². The van der Waals surface area contributed by atoms with Crippen molar-refractivity contribution >= 4 is 33.8 Å². The second-order valence-electron chi connectivity index (χ2n) is 9.06. The monoisotopic (exact) mass is 604 g/mol. The summed E-state index contributed by atoms with van der Waals surface area (Å²) < 4.78 is 67.9. The minimum atomic E-state index is -4.52. The van der Waals surface area contributed by atoms with Gasteiger partial charge in [0.05, 0.1) is 52.5 Å². The number of amides is 1. The normalized spacial score (nSPS) is 12.1. The molecular weight excluding hydrogens is 577 g/mol. The van der Waals surface area contributed by atoms with Gasteiger partial charge in [0.25, 0.3) is 0 Å². The highest BCUT2D eigenvalue weighted by molar-refractivity contribution is 7.84. The van der Waals surface area contributed by atoms with Crippen LogP contribution in [0.15, 0.2) is 66.0 Å². The smallest absolute Gasteiger partial charge is 0.422 e. The van der Waals surface area contributed by atoms with Gasteiger partial charge in [-0.25, -0.2) is 19.1 Å². The fourth-order valence-electron chi connectivity index (χ4n) is 3.90. The van der Waals surface area contributed by atoms with Crippen LogP contribution in [0.4, 0.5) is 18.0 Å². The largest absolute Gasteiger partial charge is 0.497 e. The highest BCUT2D eigenvalue weighted by Gasteiger charge is 2.29. The van der Waals surface area contributed by atoms with E-state index in [1.807, 2.05) is 0 Å². The molecule has 4 rings (SSSR count). The molecule has 0 saturated heterocycles. The lowest BCUT2D eigenvalue weighted by Gasteiger charge is -2.19. The van der Waals surface area contributed by atoms with Crippen molar-refractivity contribution in [1.29, 1.82) is 0 Å². The van der Waals surface area contributed by atoms with E-state index >= 15 is 0 Å². The lowest BCUT2D eigenvalue weighted by Crippen LogP contribution is -2.35. The number of benzene rings is 2. The molecule has 0 aliphatic carbocycles. The fraction of sp³-hybridized carbons (Fsp3) is 0.286. The van der Waals surface area contributed by atoms with E-state index in [2.05, 4.69) is 9.97 Å². The van der Waals surface area contributed by atoms with Crippen molar-refractivity contribution < 1.29 is 41.2 Å². The number of fused-ring (bicyclic) bond motifs is 1. The summed E-state index contributed by atoms with van der Waals surface area (Å²) in [5, 5.41) is -0.0638. The quantitative estimate of drug-likeness (QED) is 0.238. The molecule has 10 nitrogen and oxygen atoms in total. The maximum atomic E-state index is 13.5. The van der Waals surface area contributed by atoms with Crippen molar-refractivity contribution in [3.8, 4) is 11.5 Å². The standard InChI is InChI=1S/C28H27F3N4O6S/c1-18-22(32-13-12-24(18)41-17-28(29,30)31)16-42(38)26-33-21-6-4-5-7-23(21)35(26)27(37)34(2)14-15-40-25(36)19-8-10-20(39-3)11-9-19/h4-13H,14-17H2,1-3H3. The van der Waals surface area contributed by atoms with Crippen LogP contribution >= 0.6 is 0 Å². The first-order valence-corrected chi connectivity index (χ1v) is 13.9. The van der Waals surface area contributed by atoms with Gasteiger partial charge in [-0.3, -0.25) is 9.19 Å². The molecule has 1 atom stereocenters. The lowest BCUT2D eigenvalue weighted by molar-refractivity contribution is -0.153. The molecule has 0 radical (unpaired) electrons. The predicted molar refractivity (Wildman–Crippen MR) is 147 cm³/mol. The minimum Gasteiger partial charge on any atom is -0.497 e. The van der Waals surface area contributed by atoms with Crippen LogP contribution < -0.4 is 9.47 Å². The number of carbonyl (C=O) groups is 2. The molecule has 2 aromatic carbocycles. The second kappa shape index (κ2) is 13.0. The van der Waals surface area contributed by atoms with Gasteiger partial charge in [-0.15, -0.1) is 0 Å². The predicted octanol–water partition coefficient (Wildman–Crippen LogP) is 4.75. The molecule has 0 spiro atoms. The van der Waals surface area contributed by atoms with Gasteiger partial charge in [-0.2, -0.15) is 13.2 Å². The van der Waals surface area contributed by atoms with Gasteiger partial charge in [0, 0.05) is 18.8 Å². The number of hydrogen-bond acceptors (Lipinski definition) is 8. The van der Waals surface area contributed by atoms with E-state index in [1.54, 1.807) is 48.5 Å². The number of esters is 1. The van der Waals surface area contributed by atoms with Gasteiger partial charge in [-0.05, 0) is 49.4 Å². The topological polar surface area (TPSA) is 113 Å². The first-order valence-electron chi connectivity index (χ1n) is 12.5. The van der Waals surface area contributed by atoms with Crippen molar-refractivity contribution in [2.75, 3.05) is 33.9 Å². The van der Waals surface area contributed by atoms with Crippen molar-refractivity contribution in [2.24, 2.45) is 0 Å². The maximum Gasteiger partial charge on any atom is 0.422 e. The summed E-state index contributed by atoms with van der Waals surface area (Å²) in [5.74, 6) is -0.249. The minimum absolute atomic E-state index is 0.0264. The Morgan fingerprint density at radius 3 is 2.48 bits per heavy atom. The summed E-state index contributed by atoms with van der Waals surface area (Å²) in [6.45, 7) is -0.0443. The molecule has 0 fully saturated rings. The summed E-state index contributed by atoms with van der Waals surface area (Å²) >= 11 is 0. The Kier molecular flexibility index (Phi) is 9.45. The molecule has 42 heavy (non-hydrogen) atoms. The third-order valence-electron chi connectivity index (χ3n) is 6.15. The number of para-hydroxylation sites is 2. The van der Waals surface area contributed by atoms with Crippen LogP contribution in [-0.4, -0.2) is 75.7 Å². The van der Waals surface area contributed by atoms with E-state index in [0.717, 1.165) is 0 Å². The number of rotatable bonds is 10. The number of carbonyl (C=O) groups excluding carboxylic acids is 2. The summed E-state index contributed by atoms with van der Waals surface area (Å²) in [7, 11) is 1.08. The first-order chi connectivity index (χ1) is 20.0. The Hall–Kier alpha value is -4.46. The molecule has 2 heterocycles. The SMILES string of the molecule is COc1ccc(C(=O)OCCN(C)C(=O)n2c(S(=O)Cc3nccc(OCC(F)(F)F)c3C)nc3ccccc32)cc1. The molecule has 4 aromatic rings. The van der Waals surface area contributed by atoms with E-state index in [4.69, 9.17) is 14.2 Å². The second-order valence-corrected chi connectivity index (χ2v) is 10.4. The zero-order valence-electron chi connectivity index (χ0n) is 22.9. The summed E-state index contributed by atoms with van der Waals surface area (Å²) in [6, 6.07) is 13.8. The van der Waals surface area contributed by atoms with Gasteiger partial charge in [0.1, 0.15) is 18.1 Å². The molecule has 0 N–H and O–H groups in total. The average molecular weight is 605 g/mol. The molecular formula is C28H27F3N4O6S. The molecule has 1 unspecified atom stereocenters. The zero-order chi connectivity index (χ0) is 30.4. The molecule has 0 aliphatic heterocycles. The highest BCUT2D eigenvalue weighted by atomic mass is 32.2. The molecule has 2 aromatic heterocycles. The van der Waals surface area contributed by atoms with Gasteiger partial charge >= 0.3 is 18.2 Å². The number of pyridine rings is 1. The van der Waals surface area contributed by atoms with E-state index in [0.29, 0.717) is 27.9 Å². The number of likely N-dealkylation sites (N-methyl/N-ethyl adjacent to an activating group) is 1. The number of ether oxygens (including phenoxy) is 3. The Morgan fingerprint density at radius 2 is 1.79 bits per heavy atom. The fourth-order valence-corrected chi connectivity index (χ4v) is 5.15. The van der Waals surface area contributed by atoms with Gasteiger partial charge in [0.2, 0.25) is 5.16 Å². The molecule has 14 heteroatoms. The van der Waals surface area contributed by atoms with E-state index < -0.39 is 35.6 Å². The van der Waals surface area contributed by atoms with Crippen LogP contribution in [0.25, 0.3) is 11.0 Å². The Bertz CT molecular complexity index is 1610. The van der Waals surface area contributed by atoms with Gasteiger partial charge in [-0.1, -0.05) is 12.1 Å². The number of halogens is 3. The van der Waals surface area contributed by atoms with E-state index in [-0.39, 0.29) is 35.5 Å². The number of imidazole rings is 1. The Morgan fingerprint density at radius 1 is 1.07 bits per heavy atom. The van der Waals surface area contributed by atoms with Gasteiger partial charge in [0.15, 0.2) is 6.61 Å². The summed E-state index contributed by atoms with van der Waals surface area (Å²) in [6.07, 6.45) is -3.26. The molecule has 222 valence electrons. The number of methoxy groups -OCH3 is 1. The number of hydrogen-bond donors (Lipinski definition) is 0. The highest BCUT2D eigenvalue weighted by Crippen LogP contribution is 2.26. The number of aromatic nitrogens is 3. The Balaban J connectivity index is 1.50. The van der Waals surface area contributed by atoms with Crippen LogP contribution in [0.2, 0.25) is 0 Å². The van der Waals surface area contributed by atoms with Crippen LogP contribution in [0, 0.1) is 6.92 Å². The third-order valence-corrected chi connectivity index (χ3v) is 7.37. The van der Waals surface area contributed by atoms with E-state index in [9.17, 15) is 27.0 Å². The Labute approximate surface area is 241 Å².